The summed E-state index contributed by atoms with van der Waals surface area (Å²) < 4.78 is 10.8. The third-order valence-corrected chi connectivity index (χ3v) is 5.42. The van der Waals surface area contributed by atoms with Crippen LogP contribution in [0, 0.1) is 0 Å². The molecule has 0 radical (unpaired) electrons. The fourth-order valence-electron chi connectivity index (χ4n) is 3.60. The molecule has 180 valence electrons. The highest BCUT2D eigenvalue weighted by Crippen LogP contribution is 2.27. The quantitative estimate of drug-likeness (QED) is 0.371. The monoisotopic (exact) mass is 463 g/mol. The number of benzene rings is 2. The minimum atomic E-state index is -0.273. The molecule has 0 aliphatic rings. The van der Waals surface area contributed by atoms with Gasteiger partial charge in [0.25, 0.3) is 11.8 Å². The normalized spacial score (nSPS) is 10.6. The molecule has 7 nitrogen and oxygen atoms in total. The van der Waals surface area contributed by atoms with Crippen LogP contribution in [0.1, 0.15) is 59.6 Å². The van der Waals surface area contributed by atoms with E-state index in [1.54, 1.807) is 43.7 Å². The Kier molecular flexibility index (Phi) is 9.14. The van der Waals surface area contributed by atoms with Crippen molar-refractivity contribution >= 4 is 23.2 Å². The molecule has 34 heavy (non-hydrogen) atoms. The highest BCUT2D eigenvalue weighted by molar-refractivity contribution is 6.06. The highest BCUT2D eigenvalue weighted by atomic mass is 16.5. The second-order valence-corrected chi connectivity index (χ2v) is 8.03. The number of furan rings is 1. The van der Waals surface area contributed by atoms with E-state index in [0.717, 1.165) is 37.3 Å². The summed E-state index contributed by atoms with van der Waals surface area (Å²) in [4.78, 5) is 28.1. The first-order chi connectivity index (χ1) is 16.5. The summed E-state index contributed by atoms with van der Waals surface area (Å²) in [5, 5.41) is 5.87. The summed E-state index contributed by atoms with van der Waals surface area (Å²) in [6, 6.07) is 16.2. The number of hydrogen-bond acceptors (Lipinski definition) is 5. The van der Waals surface area contributed by atoms with Gasteiger partial charge < -0.3 is 24.7 Å². The number of amides is 2. The van der Waals surface area contributed by atoms with Crippen molar-refractivity contribution in [2.75, 3.05) is 30.4 Å². The molecular formula is C27H33N3O4. The van der Waals surface area contributed by atoms with Gasteiger partial charge in [-0.15, -0.1) is 0 Å². The van der Waals surface area contributed by atoms with E-state index >= 15 is 0 Å². The predicted octanol–water partition coefficient (Wildman–Crippen LogP) is 5.49. The molecule has 0 spiro atoms. The molecule has 0 fully saturated rings. The Balaban J connectivity index is 1.92. The van der Waals surface area contributed by atoms with Crippen molar-refractivity contribution in [3.63, 3.8) is 0 Å². The van der Waals surface area contributed by atoms with E-state index in [-0.39, 0.29) is 11.8 Å². The molecule has 0 atom stereocenters. The fourth-order valence-corrected chi connectivity index (χ4v) is 3.60. The number of carbonyl (C=O) groups is 2. The van der Waals surface area contributed by atoms with Gasteiger partial charge in [0, 0.05) is 24.3 Å². The molecule has 0 saturated carbocycles. The minimum absolute atomic E-state index is 0.171. The van der Waals surface area contributed by atoms with Crippen LogP contribution in [0.15, 0.2) is 65.3 Å². The van der Waals surface area contributed by atoms with Crippen molar-refractivity contribution in [3.05, 3.63) is 77.7 Å². The van der Waals surface area contributed by atoms with Gasteiger partial charge in [0.05, 0.1) is 31.2 Å². The Morgan fingerprint density at radius 3 is 2.56 bits per heavy atom. The Bertz CT molecular complexity index is 1080. The predicted molar refractivity (Wildman–Crippen MR) is 135 cm³/mol. The molecular weight excluding hydrogens is 430 g/mol. The average molecular weight is 464 g/mol. The van der Waals surface area contributed by atoms with Crippen molar-refractivity contribution in [1.29, 1.82) is 0 Å². The lowest BCUT2D eigenvalue weighted by atomic mass is 10.1. The zero-order valence-corrected chi connectivity index (χ0v) is 20.1. The third-order valence-electron chi connectivity index (χ3n) is 5.42. The molecule has 3 aromatic rings. The van der Waals surface area contributed by atoms with Crippen LogP contribution in [0.25, 0.3) is 0 Å². The van der Waals surface area contributed by atoms with Gasteiger partial charge >= 0.3 is 0 Å². The van der Waals surface area contributed by atoms with Gasteiger partial charge in [0.1, 0.15) is 11.5 Å². The van der Waals surface area contributed by atoms with Crippen LogP contribution in [0.4, 0.5) is 11.4 Å². The van der Waals surface area contributed by atoms with Crippen LogP contribution in [-0.2, 0) is 6.54 Å². The molecule has 0 aliphatic heterocycles. The minimum Gasteiger partial charge on any atom is -0.497 e. The lowest BCUT2D eigenvalue weighted by molar-refractivity contribution is 0.0952. The number of carbonyl (C=O) groups excluding carboxylic acids is 2. The van der Waals surface area contributed by atoms with Gasteiger partial charge in [-0.3, -0.25) is 9.59 Å². The molecule has 2 N–H and O–H groups in total. The molecule has 3 rings (SSSR count). The van der Waals surface area contributed by atoms with E-state index in [0.29, 0.717) is 35.7 Å². The van der Waals surface area contributed by atoms with Crippen molar-refractivity contribution < 1.29 is 18.7 Å². The third kappa shape index (κ3) is 6.63. The standard InChI is InChI=1S/C27H33N3O4/c1-4-6-15-30(19-23-11-8-16-34-23)25-13-12-21(18-24(25)27(32)28-14-5-2)29-26(31)20-9-7-10-22(17-20)33-3/h7-13,16-18H,4-6,14-15,19H2,1-3H3,(H,28,32)(H,29,31). The van der Waals surface area contributed by atoms with Crippen LogP contribution in [-0.4, -0.2) is 32.0 Å². The summed E-state index contributed by atoms with van der Waals surface area (Å²) in [6.45, 7) is 6.05. The Morgan fingerprint density at radius 1 is 1.00 bits per heavy atom. The van der Waals surface area contributed by atoms with Crippen molar-refractivity contribution in [2.24, 2.45) is 0 Å². The second-order valence-electron chi connectivity index (χ2n) is 8.03. The van der Waals surface area contributed by atoms with E-state index in [1.807, 2.05) is 31.2 Å². The molecule has 0 unspecified atom stereocenters. The Hall–Kier alpha value is -3.74. The maximum atomic E-state index is 13.1. The first-order valence-corrected chi connectivity index (χ1v) is 11.7. The zero-order chi connectivity index (χ0) is 24.3. The number of rotatable bonds is 12. The van der Waals surface area contributed by atoms with E-state index in [4.69, 9.17) is 9.15 Å². The van der Waals surface area contributed by atoms with E-state index in [2.05, 4.69) is 22.5 Å². The number of hydrogen-bond donors (Lipinski definition) is 2. The summed E-state index contributed by atoms with van der Waals surface area (Å²) in [7, 11) is 1.56. The van der Waals surface area contributed by atoms with Crippen LogP contribution >= 0.6 is 0 Å². The topological polar surface area (TPSA) is 83.8 Å². The van der Waals surface area contributed by atoms with Crippen LogP contribution in [0.5, 0.6) is 5.75 Å². The van der Waals surface area contributed by atoms with Crippen LogP contribution in [0.3, 0.4) is 0 Å². The zero-order valence-electron chi connectivity index (χ0n) is 20.1. The first kappa shape index (κ1) is 24.9. The summed E-state index contributed by atoms with van der Waals surface area (Å²) in [5.74, 6) is 0.985. The second kappa shape index (κ2) is 12.5. The highest BCUT2D eigenvalue weighted by Gasteiger charge is 2.19. The first-order valence-electron chi connectivity index (χ1n) is 11.7. The van der Waals surface area contributed by atoms with Gasteiger partial charge in [-0.1, -0.05) is 26.3 Å². The lowest BCUT2D eigenvalue weighted by Crippen LogP contribution is -2.30. The molecule has 0 saturated heterocycles. The molecule has 0 aliphatic carbocycles. The maximum Gasteiger partial charge on any atom is 0.255 e. The average Bonchev–Trinajstić information content (AvgIpc) is 3.38. The van der Waals surface area contributed by atoms with Gasteiger partial charge in [-0.05, 0) is 61.4 Å². The molecule has 2 amide bonds. The summed E-state index contributed by atoms with van der Waals surface area (Å²) in [6.07, 6.45) is 4.49. The smallest absolute Gasteiger partial charge is 0.255 e. The van der Waals surface area contributed by atoms with Crippen molar-refractivity contribution in [3.8, 4) is 5.75 Å². The summed E-state index contributed by atoms with van der Waals surface area (Å²) >= 11 is 0. The molecule has 0 bridgehead atoms. The summed E-state index contributed by atoms with van der Waals surface area (Å²) in [5.41, 5.74) is 2.34. The van der Waals surface area contributed by atoms with Gasteiger partial charge in [-0.2, -0.15) is 0 Å². The van der Waals surface area contributed by atoms with Gasteiger partial charge in [0.2, 0.25) is 0 Å². The van der Waals surface area contributed by atoms with Crippen molar-refractivity contribution in [1.82, 2.24) is 5.32 Å². The SMILES string of the molecule is CCCCN(Cc1ccco1)c1ccc(NC(=O)c2cccc(OC)c2)cc1C(=O)NCCC. The molecule has 1 aromatic heterocycles. The molecule has 1 heterocycles. The van der Waals surface area contributed by atoms with E-state index in [1.165, 1.54) is 0 Å². The van der Waals surface area contributed by atoms with Crippen LogP contribution in [0.2, 0.25) is 0 Å². The molecule has 7 heteroatoms. The lowest BCUT2D eigenvalue weighted by Gasteiger charge is -2.26. The maximum absolute atomic E-state index is 13.1. The number of methoxy groups -OCH3 is 1. The molecule has 2 aromatic carbocycles. The van der Waals surface area contributed by atoms with Crippen LogP contribution < -0.4 is 20.3 Å². The van der Waals surface area contributed by atoms with E-state index < -0.39 is 0 Å². The van der Waals surface area contributed by atoms with Gasteiger partial charge in [0.15, 0.2) is 0 Å². The Morgan fingerprint density at radius 2 is 1.85 bits per heavy atom. The number of anilines is 2. The number of nitrogens with one attached hydrogen (secondary N) is 2. The van der Waals surface area contributed by atoms with Gasteiger partial charge in [-0.25, -0.2) is 0 Å². The largest absolute Gasteiger partial charge is 0.497 e. The fraction of sp³-hybridized carbons (Fsp3) is 0.333. The number of ether oxygens (including phenoxy) is 1. The number of nitrogens with zero attached hydrogens (tertiary/aromatic N) is 1. The van der Waals surface area contributed by atoms with E-state index in [9.17, 15) is 9.59 Å². The Labute approximate surface area is 201 Å². The number of unbranched alkanes of at least 4 members (excludes halogenated alkanes) is 1. The van der Waals surface area contributed by atoms with Crippen molar-refractivity contribution in [2.45, 2.75) is 39.7 Å².